The van der Waals surface area contributed by atoms with Crippen molar-refractivity contribution >= 4 is 68.4 Å². The van der Waals surface area contributed by atoms with Gasteiger partial charge in [-0.05, 0) is 46.4 Å². The zero-order valence-corrected chi connectivity index (χ0v) is 11.6. The highest BCUT2D eigenvalue weighted by Crippen LogP contribution is 2.37. The van der Waals surface area contributed by atoms with Gasteiger partial charge in [0.05, 0.1) is 0 Å². The van der Waals surface area contributed by atoms with Crippen LogP contribution in [0.2, 0.25) is 0 Å². The van der Waals surface area contributed by atoms with E-state index < -0.39 is 0 Å². The monoisotopic (exact) mass is 338 g/mol. The van der Waals surface area contributed by atoms with Crippen LogP contribution >= 0.6 is 58.3 Å². The standard InChI is InChI=1S/C9H7IS3/c1-12-7-4-6(10)5-2-3-13-9(5)8(7)11/h2-4,11H,1H3. The number of hydrogen-bond acceptors (Lipinski definition) is 3. The van der Waals surface area contributed by atoms with Gasteiger partial charge in [0.25, 0.3) is 0 Å². The van der Waals surface area contributed by atoms with Crippen LogP contribution in [0.15, 0.2) is 27.3 Å². The fourth-order valence-corrected chi connectivity index (χ4v) is 4.44. The molecule has 1 aromatic carbocycles. The minimum atomic E-state index is 1.12. The average molecular weight is 338 g/mol. The summed E-state index contributed by atoms with van der Waals surface area (Å²) < 4.78 is 2.62. The number of fused-ring (bicyclic) bond motifs is 1. The zero-order chi connectivity index (χ0) is 9.42. The van der Waals surface area contributed by atoms with Crippen molar-refractivity contribution in [2.45, 2.75) is 9.79 Å². The molecule has 0 amide bonds. The first-order valence-corrected chi connectivity index (χ1v) is 7.29. The van der Waals surface area contributed by atoms with Crippen LogP contribution in [0, 0.1) is 3.57 Å². The Balaban J connectivity index is 2.85. The summed E-state index contributed by atoms with van der Waals surface area (Å²) in [5.41, 5.74) is 0. The Morgan fingerprint density at radius 1 is 1.54 bits per heavy atom. The van der Waals surface area contributed by atoms with Gasteiger partial charge >= 0.3 is 0 Å². The molecule has 1 aromatic heterocycles. The highest BCUT2D eigenvalue weighted by molar-refractivity contribution is 14.1. The molecule has 0 saturated heterocycles. The van der Waals surface area contributed by atoms with Gasteiger partial charge in [0, 0.05) is 23.4 Å². The molecule has 0 aliphatic carbocycles. The van der Waals surface area contributed by atoms with E-state index in [-0.39, 0.29) is 0 Å². The second-order valence-corrected chi connectivity index (χ2v) is 5.95. The third-order valence-electron chi connectivity index (χ3n) is 1.85. The second-order valence-electron chi connectivity index (χ2n) is 2.57. The lowest BCUT2D eigenvalue weighted by molar-refractivity contribution is 1.32. The maximum absolute atomic E-state index is 4.54. The summed E-state index contributed by atoms with van der Waals surface area (Å²) in [7, 11) is 0. The van der Waals surface area contributed by atoms with Crippen molar-refractivity contribution in [1.29, 1.82) is 0 Å². The molecule has 0 fully saturated rings. The van der Waals surface area contributed by atoms with E-state index in [0.29, 0.717) is 0 Å². The van der Waals surface area contributed by atoms with Gasteiger partial charge in [-0.2, -0.15) is 0 Å². The van der Waals surface area contributed by atoms with Gasteiger partial charge in [0.1, 0.15) is 0 Å². The molecule has 0 spiro atoms. The number of thiol groups is 1. The molecular weight excluding hydrogens is 331 g/mol. The number of rotatable bonds is 1. The van der Waals surface area contributed by atoms with Gasteiger partial charge in [0.2, 0.25) is 0 Å². The zero-order valence-electron chi connectivity index (χ0n) is 6.87. The maximum atomic E-state index is 4.54. The lowest BCUT2D eigenvalue weighted by Crippen LogP contribution is -1.79. The molecule has 0 aliphatic heterocycles. The number of benzene rings is 1. The average Bonchev–Trinajstić information content (AvgIpc) is 2.60. The molecule has 4 heteroatoms. The second kappa shape index (κ2) is 4.00. The molecule has 0 aliphatic rings. The smallest absolute Gasteiger partial charge is 0.0498 e. The molecule has 0 saturated carbocycles. The Kier molecular flexibility index (Phi) is 3.12. The molecule has 0 radical (unpaired) electrons. The molecule has 13 heavy (non-hydrogen) atoms. The number of thioether (sulfide) groups is 1. The van der Waals surface area contributed by atoms with Crippen LogP contribution in [0.1, 0.15) is 0 Å². The molecule has 0 unspecified atom stereocenters. The predicted octanol–water partition coefficient (Wildman–Crippen LogP) is 4.52. The Labute approximate surface area is 105 Å². The largest absolute Gasteiger partial charge is 0.143 e. The summed E-state index contributed by atoms with van der Waals surface area (Å²) in [5, 5.41) is 3.45. The van der Waals surface area contributed by atoms with Gasteiger partial charge < -0.3 is 0 Å². The first-order chi connectivity index (χ1) is 6.24. The van der Waals surface area contributed by atoms with Crippen molar-refractivity contribution in [3.05, 3.63) is 21.1 Å². The van der Waals surface area contributed by atoms with Crippen molar-refractivity contribution in [2.75, 3.05) is 6.26 Å². The van der Waals surface area contributed by atoms with Gasteiger partial charge in [0.15, 0.2) is 0 Å². The van der Waals surface area contributed by atoms with E-state index in [0.717, 1.165) is 4.90 Å². The quantitative estimate of drug-likeness (QED) is 0.453. The Bertz CT molecular complexity index is 447. The summed E-state index contributed by atoms with van der Waals surface area (Å²) in [6.45, 7) is 0. The summed E-state index contributed by atoms with van der Waals surface area (Å²) in [6.07, 6.45) is 2.09. The van der Waals surface area contributed by atoms with Gasteiger partial charge in [-0.15, -0.1) is 35.7 Å². The van der Waals surface area contributed by atoms with Crippen LogP contribution in [0.3, 0.4) is 0 Å². The molecule has 0 atom stereocenters. The number of halogens is 1. The summed E-state index contributed by atoms with van der Waals surface area (Å²) >= 11 is 10.4. The highest BCUT2D eigenvalue weighted by atomic mass is 127. The highest BCUT2D eigenvalue weighted by Gasteiger charge is 2.08. The van der Waals surface area contributed by atoms with Gasteiger partial charge in [-0.1, -0.05) is 0 Å². The molecule has 0 bridgehead atoms. The van der Waals surface area contributed by atoms with E-state index in [9.17, 15) is 0 Å². The van der Waals surface area contributed by atoms with Crippen LogP contribution in [-0.4, -0.2) is 6.26 Å². The van der Waals surface area contributed by atoms with Crippen LogP contribution in [0.25, 0.3) is 10.1 Å². The van der Waals surface area contributed by atoms with Crippen molar-refractivity contribution in [3.63, 3.8) is 0 Å². The van der Waals surface area contributed by atoms with Crippen LogP contribution < -0.4 is 0 Å². The van der Waals surface area contributed by atoms with Crippen LogP contribution in [-0.2, 0) is 0 Å². The Morgan fingerprint density at radius 3 is 3.00 bits per heavy atom. The molecular formula is C9H7IS3. The molecule has 2 rings (SSSR count). The Morgan fingerprint density at radius 2 is 2.31 bits per heavy atom. The SMILES string of the molecule is CSc1cc(I)c2ccsc2c1S. The Hall–Kier alpha value is 0.610. The van der Waals surface area contributed by atoms with E-state index in [2.05, 4.69) is 59.0 Å². The van der Waals surface area contributed by atoms with E-state index in [1.165, 1.54) is 18.6 Å². The predicted molar refractivity (Wildman–Crippen MR) is 73.6 cm³/mol. The number of thiophene rings is 1. The first-order valence-electron chi connectivity index (χ1n) is 3.66. The molecule has 1 heterocycles. The van der Waals surface area contributed by atoms with E-state index in [1.54, 1.807) is 23.1 Å². The van der Waals surface area contributed by atoms with Crippen molar-refractivity contribution in [2.24, 2.45) is 0 Å². The summed E-state index contributed by atoms with van der Waals surface area (Å²) in [6, 6.07) is 4.36. The number of hydrogen-bond donors (Lipinski definition) is 1. The fourth-order valence-electron chi connectivity index (χ4n) is 1.21. The third kappa shape index (κ3) is 1.73. The molecule has 68 valence electrons. The topological polar surface area (TPSA) is 0 Å². The third-order valence-corrected chi connectivity index (χ3v) is 5.20. The lowest BCUT2D eigenvalue weighted by atomic mass is 10.3. The van der Waals surface area contributed by atoms with E-state index >= 15 is 0 Å². The van der Waals surface area contributed by atoms with Crippen LogP contribution in [0.4, 0.5) is 0 Å². The van der Waals surface area contributed by atoms with Crippen LogP contribution in [0.5, 0.6) is 0 Å². The normalized spacial score (nSPS) is 11.0. The molecule has 0 nitrogen and oxygen atoms in total. The van der Waals surface area contributed by atoms with Gasteiger partial charge in [-0.3, -0.25) is 0 Å². The lowest BCUT2D eigenvalue weighted by Gasteiger charge is -2.04. The minimum Gasteiger partial charge on any atom is -0.143 e. The van der Waals surface area contributed by atoms with Gasteiger partial charge in [-0.25, -0.2) is 0 Å². The van der Waals surface area contributed by atoms with Crippen molar-refractivity contribution < 1.29 is 0 Å². The van der Waals surface area contributed by atoms with Crippen molar-refractivity contribution in [1.82, 2.24) is 0 Å². The van der Waals surface area contributed by atoms with Crippen molar-refractivity contribution in [3.8, 4) is 0 Å². The summed E-state index contributed by atoms with van der Waals surface area (Å²) in [5.74, 6) is 0. The molecule has 2 aromatic rings. The minimum absolute atomic E-state index is 1.12. The fraction of sp³-hybridized carbons (Fsp3) is 0.111. The summed E-state index contributed by atoms with van der Waals surface area (Å²) in [4.78, 5) is 2.39. The maximum Gasteiger partial charge on any atom is 0.0498 e. The molecule has 0 N–H and O–H groups in total. The van der Waals surface area contributed by atoms with E-state index in [1.807, 2.05) is 0 Å². The first kappa shape index (κ1) is 10.1. The van der Waals surface area contributed by atoms with E-state index in [4.69, 9.17) is 0 Å².